The van der Waals surface area contributed by atoms with Gasteiger partial charge in [0.1, 0.15) is 0 Å². The van der Waals surface area contributed by atoms with Crippen molar-refractivity contribution < 1.29 is 4.79 Å². The molecule has 1 aliphatic heterocycles. The second kappa shape index (κ2) is 9.15. The van der Waals surface area contributed by atoms with E-state index in [0.29, 0.717) is 6.04 Å². The van der Waals surface area contributed by atoms with Crippen LogP contribution in [0.5, 0.6) is 0 Å². The molecule has 1 atom stereocenters. The average Bonchev–Trinajstić information content (AvgIpc) is 2.77. The predicted molar refractivity (Wildman–Crippen MR) is 79.4 cm³/mol. The molecule has 1 rings (SSSR count). The Morgan fingerprint density at radius 1 is 1.21 bits per heavy atom. The minimum Gasteiger partial charge on any atom is -0.336 e. The van der Waals surface area contributed by atoms with Crippen LogP contribution in [-0.4, -0.2) is 56.2 Å². The maximum atomic E-state index is 11.3. The van der Waals surface area contributed by atoms with Crippen molar-refractivity contribution in [2.75, 3.05) is 39.3 Å². The zero-order valence-corrected chi connectivity index (χ0v) is 12.7. The summed E-state index contributed by atoms with van der Waals surface area (Å²) in [5, 5.41) is 9.70. The summed E-state index contributed by atoms with van der Waals surface area (Å²) in [6.45, 7) is 12.0. The van der Waals surface area contributed by atoms with Gasteiger partial charge in [0.2, 0.25) is 0 Å². The van der Waals surface area contributed by atoms with Crippen molar-refractivity contribution in [3.8, 4) is 0 Å². The summed E-state index contributed by atoms with van der Waals surface area (Å²) in [5.41, 5.74) is 0. The molecular formula is C14H30N4O. The molecular weight excluding hydrogens is 240 g/mol. The van der Waals surface area contributed by atoms with Gasteiger partial charge in [-0.3, -0.25) is 0 Å². The largest absolute Gasteiger partial charge is 0.336 e. The van der Waals surface area contributed by atoms with Crippen LogP contribution in [-0.2, 0) is 0 Å². The number of amides is 2. The maximum absolute atomic E-state index is 11.3. The van der Waals surface area contributed by atoms with Crippen LogP contribution in [0.15, 0.2) is 0 Å². The van der Waals surface area contributed by atoms with Crippen molar-refractivity contribution in [1.82, 2.24) is 20.9 Å². The van der Waals surface area contributed by atoms with Gasteiger partial charge in [-0.2, -0.15) is 0 Å². The van der Waals surface area contributed by atoms with Crippen LogP contribution >= 0.6 is 0 Å². The van der Waals surface area contributed by atoms with Crippen molar-refractivity contribution in [2.45, 2.75) is 39.7 Å². The van der Waals surface area contributed by atoms with Crippen molar-refractivity contribution in [3.63, 3.8) is 0 Å². The van der Waals surface area contributed by atoms with E-state index in [-0.39, 0.29) is 6.03 Å². The highest BCUT2D eigenvalue weighted by Crippen LogP contribution is 2.05. The Kier molecular flexibility index (Phi) is 7.82. The van der Waals surface area contributed by atoms with E-state index in [1.807, 2.05) is 4.90 Å². The molecule has 1 aliphatic rings. The van der Waals surface area contributed by atoms with Crippen molar-refractivity contribution in [2.24, 2.45) is 5.92 Å². The Balaban J connectivity index is 1.89. The Bertz CT molecular complexity index is 258. The van der Waals surface area contributed by atoms with E-state index in [2.05, 4.69) is 36.7 Å². The smallest absolute Gasteiger partial charge is 0.317 e. The highest BCUT2D eigenvalue weighted by atomic mass is 16.2. The first-order valence-corrected chi connectivity index (χ1v) is 7.56. The predicted octanol–water partition coefficient (Wildman–Crippen LogP) is 1.02. The summed E-state index contributed by atoms with van der Waals surface area (Å²) < 4.78 is 0. The van der Waals surface area contributed by atoms with Crippen LogP contribution in [0.25, 0.3) is 0 Å². The monoisotopic (exact) mass is 270 g/mol. The summed E-state index contributed by atoms with van der Waals surface area (Å²) in [6, 6.07) is 0.663. The second-order valence-corrected chi connectivity index (χ2v) is 5.80. The zero-order valence-electron chi connectivity index (χ0n) is 12.7. The molecule has 0 aromatic rings. The fourth-order valence-electron chi connectivity index (χ4n) is 2.16. The quantitative estimate of drug-likeness (QED) is 0.519. The lowest BCUT2D eigenvalue weighted by atomic mass is 10.0. The molecule has 0 aliphatic carbocycles. The van der Waals surface area contributed by atoms with Crippen molar-refractivity contribution in [3.05, 3.63) is 0 Å². The van der Waals surface area contributed by atoms with Crippen molar-refractivity contribution in [1.29, 1.82) is 0 Å². The van der Waals surface area contributed by atoms with Crippen LogP contribution in [0.3, 0.4) is 0 Å². The third-order valence-electron chi connectivity index (χ3n) is 3.48. The summed E-state index contributed by atoms with van der Waals surface area (Å²) >= 11 is 0. The van der Waals surface area contributed by atoms with Gasteiger partial charge in [-0.05, 0) is 25.7 Å². The zero-order chi connectivity index (χ0) is 14.1. The van der Waals surface area contributed by atoms with Gasteiger partial charge >= 0.3 is 6.03 Å². The van der Waals surface area contributed by atoms with Gasteiger partial charge in [0, 0.05) is 45.3 Å². The number of carbonyl (C=O) groups is 1. The molecule has 1 fully saturated rings. The SMILES string of the molecule is CC(C)CCC(C)NCCNCCN1CCNC1=O. The number of hydrogen-bond donors (Lipinski definition) is 3. The lowest BCUT2D eigenvalue weighted by Gasteiger charge is -2.16. The average molecular weight is 270 g/mol. The maximum Gasteiger partial charge on any atom is 0.317 e. The molecule has 0 radical (unpaired) electrons. The summed E-state index contributed by atoms with van der Waals surface area (Å²) in [5.74, 6) is 0.786. The lowest BCUT2D eigenvalue weighted by Crippen LogP contribution is -2.38. The van der Waals surface area contributed by atoms with Gasteiger partial charge in [-0.15, -0.1) is 0 Å². The van der Waals surface area contributed by atoms with Gasteiger partial charge in [0.15, 0.2) is 0 Å². The summed E-state index contributed by atoms with van der Waals surface area (Å²) in [4.78, 5) is 13.1. The van der Waals surface area contributed by atoms with Crippen LogP contribution in [0, 0.1) is 5.92 Å². The minimum absolute atomic E-state index is 0.0715. The molecule has 1 heterocycles. The first-order valence-electron chi connectivity index (χ1n) is 7.56. The van der Waals surface area contributed by atoms with Gasteiger partial charge in [-0.1, -0.05) is 13.8 Å². The fourth-order valence-corrected chi connectivity index (χ4v) is 2.16. The first-order chi connectivity index (χ1) is 9.09. The van der Waals surface area contributed by atoms with E-state index >= 15 is 0 Å². The molecule has 1 unspecified atom stereocenters. The summed E-state index contributed by atoms with van der Waals surface area (Å²) in [7, 11) is 0. The molecule has 19 heavy (non-hydrogen) atoms. The number of hydrogen-bond acceptors (Lipinski definition) is 3. The molecule has 1 saturated heterocycles. The van der Waals surface area contributed by atoms with Crippen LogP contribution in [0.4, 0.5) is 4.79 Å². The number of rotatable bonds is 10. The van der Waals surface area contributed by atoms with E-state index in [4.69, 9.17) is 0 Å². The molecule has 3 N–H and O–H groups in total. The third kappa shape index (κ3) is 7.38. The molecule has 0 bridgehead atoms. The van der Waals surface area contributed by atoms with Gasteiger partial charge in [0.25, 0.3) is 0 Å². The topological polar surface area (TPSA) is 56.4 Å². The van der Waals surface area contributed by atoms with E-state index in [0.717, 1.165) is 45.2 Å². The number of carbonyl (C=O) groups excluding carboxylic acids is 1. The first kappa shape index (κ1) is 16.2. The molecule has 0 saturated carbocycles. The highest BCUT2D eigenvalue weighted by molar-refractivity contribution is 5.76. The van der Waals surface area contributed by atoms with Crippen LogP contribution in [0.1, 0.15) is 33.6 Å². The van der Waals surface area contributed by atoms with E-state index in [1.165, 1.54) is 12.8 Å². The summed E-state index contributed by atoms with van der Waals surface area (Å²) in [6.07, 6.45) is 2.53. The molecule has 112 valence electrons. The molecule has 2 amide bonds. The minimum atomic E-state index is 0.0715. The molecule has 5 heteroatoms. The Morgan fingerprint density at radius 2 is 2.00 bits per heavy atom. The Labute approximate surface area is 117 Å². The third-order valence-corrected chi connectivity index (χ3v) is 3.48. The van der Waals surface area contributed by atoms with E-state index < -0.39 is 0 Å². The molecule has 5 nitrogen and oxygen atoms in total. The number of urea groups is 1. The van der Waals surface area contributed by atoms with E-state index in [1.54, 1.807) is 0 Å². The highest BCUT2D eigenvalue weighted by Gasteiger charge is 2.17. The fraction of sp³-hybridized carbons (Fsp3) is 0.929. The number of nitrogens with one attached hydrogen (secondary N) is 3. The second-order valence-electron chi connectivity index (χ2n) is 5.80. The lowest BCUT2D eigenvalue weighted by molar-refractivity contribution is 0.217. The van der Waals surface area contributed by atoms with Crippen molar-refractivity contribution >= 4 is 6.03 Å². The van der Waals surface area contributed by atoms with Gasteiger partial charge < -0.3 is 20.9 Å². The van der Waals surface area contributed by atoms with Gasteiger partial charge in [0.05, 0.1) is 0 Å². The Hall–Kier alpha value is -0.810. The van der Waals surface area contributed by atoms with Crippen LogP contribution in [0.2, 0.25) is 0 Å². The van der Waals surface area contributed by atoms with E-state index in [9.17, 15) is 4.79 Å². The van der Waals surface area contributed by atoms with Gasteiger partial charge in [-0.25, -0.2) is 4.79 Å². The molecule has 0 spiro atoms. The normalized spacial score (nSPS) is 17.1. The Morgan fingerprint density at radius 3 is 2.63 bits per heavy atom. The molecule has 0 aromatic carbocycles. The van der Waals surface area contributed by atoms with Crippen LogP contribution < -0.4 is 16.0 Å². The number of nitrogens with zero attached hydrogens (tertiary/aromatic N) is 1. The molecule has 0 aromatic heterocycles. The standard InChI is InChI=1S/C14H30N4O/c1-12(2)4-5-13(3)16-7-6-15-8-10-18-11-9-17-14(18)19/h12-13,15-16H,4-11H2,1-3H3,(H,17,19).